The quantitative estimate of drug-likeness (QED) is 0.876. The standard InChI is InChI=1S/C16H18ClN3O4S/c1-10-15(11(2)24-18-10)25(22,23)19-14-9-12(17)5-6-13(14)16(21)20-7-3-4-8-20/h5-6,9,19H,3-4,7-8H2,1-2H3. The van der Waals surface area contributed by atoms with Crippen LogP contribution in [0.1, 0.15) is 34.7 Å². The molecule has 0 saturated carbocycles. The van der Waals surface area contributed by atoms with Crippen LogP contribution in [0.25, 0.3) is 0 Å². The van der Waals surface area contributed by atoms with Crippen molar-refractivity contribution in [2.24, 2.45) is 0 Å². The zero-order chi connectivity index (χ0) is 18.2. The van der Waals surface area contributed by atoms with Crippen molar-refractivity contribution < 1.29 is 17.7 Å². The van der Waals surface area contributed by atoms with E-state index in [4.69, 9.17) is 16.1 Å². The molecule has 0 bridgehead atoms. The molecule has 1 fully saturated rings. The van der Waals surface area contributed by atoms with Gasteiger partial charge in [-0.3, -0.25) is 9.52 Å². The van der Waals surface area contributed by atoms with Gasteiger partial charge in [0.05, 0.1) is 11.3 Å². The van der Waals surface area contributed by atoms with Crippen molar-refractivity contribution in [2.75, 3.05) is 17.8 Å². The van der Waals surface area contributed by atoms with E-state index < -0.39 is 10.0 Å². The summed E-state index contributed by atoms with van der Waals surface area (Å²) in [5, 5.41) is 3.99. The fourth-order valence-electron chi connectivity index (χ4n) is 2.93. The minimum Gasteiger partial charge on any atom is -0.360 e. The molecule has 2 aromatic rings. The number of sulfonamides is 1. The summed E-state index contributed by atoms with van der Waals surface area (Å²) in [4.78, 5) is 14.4. The highest BCUT2D eigenvalue weighted by Gasteiger charge is 2.28. The number of benzene rings is 1. The number of aryl methyl sites for hydroxylation is 2. The average Bonchev–Trinajstić information content (AvgIpc) is 3.16. The molecule has 1 N–H and O–H groups in total. The molecule has 0 atom stereocenters. The third-order valence-electron chi connectivity index (χ3n) is 4.09. The van der Waals surface area contributed by atoms with Crippen molar-refractivity contribution in [1.29, 1.82) is 0 Å². The highest BCUT2D eigenvalue weighted by molar-refractivity contribution is 7.92. The van der Waals surface area contributed by atoms with Crippen LogP contribution in [0.4, 0.5) is 5.69 Å². The van der Waals surface area contributed by atoms with Gasteiger partial charge in [-0.1, -0.05) is 16.8 Å². The lowest BCUT2D eigenvalue weighted by Crippen LogP contribution is -2.29. The largest absolute Gasteiger partial charge is 0.360 e. The van der Waals surface area contributed by atoms with Gasteiger partial charge in [0.1, 0.15) is 5.69 Å². The van der Waals surface area contributed by atoms with Crippen LogP contribution in [0.2, 0.25) is 5.02 Å². The van der Waals surface area contributed by atoms with Crippen molar-refractivity contribution in [3.8, 4) is 0 Å². The van der Waals surface area contributed by atoms with Gasteiger partial charge in [-0.2, -0.15) is 0 Å². The fourth-order valence-corrected chi connectivity index (χ4v) is 4.51. The summed E-state index contributed by atoms with van der Waals surface area (Å²) in [5.74, 6) is -0.0370. The van der Waals surface area contributed by atoms with E-state index in [1.54, 1.807) is 17.9 Å². The summed E-state index contributed by atoms with van der Waals surface area (Å²) in [5.41, 5.74) is 0.658. The number of hydrogen-bond donors (Lipinski definition) is 1. The Morgan fingerprint density at radius 1 is 1.28 bits per heavy atom. The lowest BCUT2D eigenvalue weighted by atomic mass is 10.1. The molecule has 9 heteroatoms. The molecule has 1 aromatic carbocycles. The Morgan fingerprint density at radius 2 is 1.96 bits per heavy atom. The Hall–Kier alpha value is -2.06. The molecule has 1 aromatic heterocycles. The Morgan fingerprint density at radius 3 is 2.56 bits per heavy atom. The number of nitrogens with one attached hydrogen (secondary N) is 1. The molecule has 0 unspecified atom stereocenters. The minimum absolute atomic E-state index is 0.0351. The first-order chi connectivity index (χ1) is 11.8. The second kappa shape index (κ2) is 6.68. The van der Waals surface area contributed by atoms with Gasteiger partial charge >= 0.3 is 0 Å². The first-order valence-corrected chi connectivity index (χ1v) is 9.70. The normalized spacial score (nSPS) is 14.8. The van der Waals surface area contributed by atoms with Gasteiger partial charge in [-0.05, 0) is 44.9 Å². The number of carbonyl (C=O) groups excluding carboxylic acids is 1. The van der Waals surface area contributed by atoms with Gasteiger partial charge in [-0.15, -0.1) is 0 Å². The molecule has 1 amide bonds. The monoisotopic (exact) mass is 383 g/mol. The molecule has 0 aliphatic carbocycles. The van der Waals surface area contributed by atoms with Gasteiger partial charge in [0.15, 0.2) is 10.7 Å². The number of nitrogens with zero attached hydrogens (tertiary/aromatic N) is 2. The summed E-state index contributed by atoms with van der Waals surface area (Å²) in [6.07, 6.45) is 1.89. The topological polar surface area (TPSA) is 92.5 Å². The molecule has 0 spiro atoms. The minimum atomic E-state index is -3.96. The molecule has 2 heterocycles. The summed E-state index contributed by atoms with van der Waals surface area (Å²) in [6.45, 7) is 4.39. The van der Waals surface area contributed by atoms with E-state index in [2.05, 4.69) is 9.88 Å². The van der Waals surface area contributed by atoms with Crippen LogP contribution in [0.15, 0.2) is 27.6 Å². The van der Waals surface area contributed by atoms with Crippen LogP contribution in [0.5, 0.6) is 0 Å². The van der Waals surface area contributed by atoms with E-state index in [0.717, 1.165) is 12.8 Å². The maximum atomic E-state index is 12.7. The smallest absolute Gasteiger partial charge is 0.267 e. The number of amides is 1. The Kier molecular flexibility index (Phi) is 4.75. The van der Waals surface area contributed by atoms with Crippen molar-refractivity contribution in [1.82, 2.24) is 10.1 Å². The van der Waals surface area contributed by atoms with Crippen molar-refractivity contribution in [3.05, 3.63) is 40.2 Å². The average molecular weight is 384 g/mol. The highest BCUT2D eigenvalue weighted by Crippen LogP contribution is 2.28. The zero-order valence-electron chi connectivity index (χ0n) is 13.9. The van der Waals surface area contributed by atoms with E-state index in [0.29, 0.717) is 18.1 Å². The van der Waals surface area contributed by atoms with Crippen LogP contribution in [-0.4, -0.2) is 37.5 Å². The van der Waals surface area contributed by atoms with Crippen LogP contribution < -0.4 is 4.72 Å². The summed E-state index contributed by atoms with van der Waals surface area (Å²) >= 11 is 6.01. The predicted octanol–water partition coefficient (Wildman–Crippen LogP) is 2.98. The Bertz CT molecular complexity index is 898. The molecule has 25 heavy (non-hydrogen) atoms. The fraction of sp³-hybridized carbons (Fsp3) is 0.375. The first-order valence-electron chi connectivity index (χ1n) is 7.84. The van der Waals surface area contributed by atoms with Gasteiger partial charge in [0, 0.05) is 18.1 Å². The number of carbonyl (C=O) groups is 1. The summed E-state index contributed by atoms with van der Waals surface area (Å²) in [7, 11) is -3.96. The van der Waals surface area contributed by atoms with Crippen molar-refractivity contribution in [2.45, 2.75) is 31.6 Å². The van der Waals surface area contributed by atoms with E-state index in [-0.39, 0.29) is 33.5 Å². The SMILES string of the molecule is Cc1noc(C)c1S(=O)(=O)Nc1cc(Cl)ccc1C(=O)N1CCCC1. The van der Waals surface area contributed by atoms with Gasteiger partial charge in [0.2, 0.25) is 0 Å². The number of hydrogen-bond acceptors (Lipinski definition) is 5. The number of halogens is 1. The zero-order valence-corrected chi connectivity index (χ0v) is 15.4. The van der Waals surface area contributed by atoms with Crippen LogP contribution in [-0.2, 0) is 10.0 Å². The molecule has 134 valence electrons. The summed E-state index contributed by atoms with van der Waals surface area (Å²) in [6, 6.07) is 4.54. The summed E-state index contributed by atoms with van der Waals surface area (Å²) < 4.78 is 32.9. The van der Waals surface area contributed by atoms with Gasteiger partial charge < -0.3 is 9.42 Å². The highest BCUT2D eigenvalue weighted by atomic mass is 35.5. The number of anilines is 1. The van der Waals surface area contributed by atoms with Crippen molar-refractivity contribution >= 4 is 33.2 Å². The molecule has 1 aliphatic heterocycles. The third-order valence-corrected chi connectivity index (χ3v) is 5.93. The second-order valence-corrected chi connectivity index (χ2v) is 8.00. The Balaban J connectivity index is 1.99. The van der Waals surface area contributed by atoms with E-state index in [1.807, 2.05) is 0 Å². The molecule has 7 nitrogen and oxygen atoms in total. The third kappa shape index (κ3) is 3.50. The van der Waals surface area contributed by atoms with Gasteiger partial charge in [-0.25, -0.2) is 8.42 Å². The maximum absolute atomic E-state index is 12.7. The molecular formula is C16H18ClN3O4S. The number of rotatable bonds is 4. The van der Waals surface area contributed by atoms with Crippen LogP contribution >= 0.6 is 11.6 Å². The molecule has 3 rings (SSSR count). The maximum Gasteiger partial charge on any atom is 0.267 e. The molecular weight excluding hydrogens is 366 g/mol. The second-order valence-electron chi connectivity index (χ2n) is 5.95. The lowest BCUT2D eigenvalue weighted by molar-refractivity contribution is 0.0794. The van der Waals surface area contributed by atoms with Crippen molar-refractivity contribution in [3.63, 3.8) is 0 Å². The molecule has 1 aliphatic rings. The lowest BCUT2D eigenvalue weighted by Gasteiger charge is -2.18. The van der Waals surface area contributed by atoms with E-state index in [9.17, 15) is 13.2 Å². The number of likely N-dealkylation sites (tertiary alicyclic amines) is 1. The number of aromatic nitrogens is 1. The molecule has 1 saturated heterocycles. The predicted molar refractivity (Wildman–Crippen MR) is 93.4 cm³/mol. The van der Waals surface area contributed by atoms with E-state index >= 15 is 0 Å². The van der Waals surface area contributed by atoms with Gasteiger partial charge in [0.25, 0.3) is 15.9 Å². The Labute approximate surface area is 151 Å². The van der Waals surface area contributed by atoms with Crippen LogP contribution in [0.3, 0.4) is 0 Å². The van der Waals surface area contributed by atoms with E-state index in [1.165, 1.54) is 19.1 Å². The molecule has 0 radical (unpaired) electrons. The first kappa shape index (κ1) is 17.8. The van der Waals surface area contributed by atoms with Crippen LogP contribution in [0, 0.1) is 13.8 Å².